The van der Waals surface area contributed by atoms with Crippen LogP contribution in [-0.2, 0) is 4.79 Å². The second-order valence-electron chi connectivity index (χ2n) is 5.40. The van der Waals surface area contributed by atoms with Crippen molar-refractivity contribution < 1.29 is 14.7 Å². The molecule has 0 aliphatic heterocycles. The maximum absolute atomic E-state index is 11.7. The van der Waals surface area contributed by atoms with Gasteiger partial charge in [-0.1, -0.05) is 27.7 Å². The molecule has 106 valence electrons. The molecule has 0 spiro atoms. The molecule has 0 aromatic heterocycles. The fraction of sp³-hybridized carbons (Fsp3) is 0.846. The van der Waals surface area contributed by atoms with Crippen LogP contribution in [0.25, 0.3) is 0 Å². The third-order valence-electron chi connectivity index (χ3n) is 3.21. The molecule has 0 saturated carbocycles. The van der Waals surface area contributed by atoms with Gasteiger partial charge in [0.1, 0.15) is 0 Å². The van der Waals surface area contributed by atoms with Crippen LogP contribution in [0.15, 0.2) is 0 Å². The highest BCUT2D eigenvalue weighted by Gasteiger charge is 2.19. The first-order chi connectivity index (χ1) is 8.25. The van der Waals surface area contributed by atoms with E-state index in [9.17, 15) is 9.59 Å². The Hall–Kier alpha value is -1.26. The van der Waals surface area contributed by atoms with Crippen LogP contribution >= 0.6 is 0 Å². The molecule has 0 aliphatic rings. The molecule has 0 aromatic carbocycles. The number of hydrogen-bond donors (Lipinski definition) is 2. The zero-order valence-corrected chi connectivity index (χ0v) is 12.1. The van der Waals surface area contributed by atoms with E-state index in [1.165, 1.54) is 4.90 Å². The van der Waals surface area contributed by atoms with Crippen molar-refractivity contribution in [3.05, 3.63) is 0 Å². The maximum atomic E-state index is 11.7. The summed E-state index contributed by atoms with van der Waals surface area (Å²) in [5.41, 5.74) is 0. The van der Waals surface area contributed by atoms with Crippen LogP contribution in [0, 0.1) is 17.8 Å². The van der Waals surface area contributed by atoms with Gasteiger partial charge in [-0.25, -0.2) is 4.79 Å². The molecule has 0 aliphatic carbocycles. The fourth-order valence-electron chi connectivity index (χ4n) is 1.95. The van der Waals surface area contributed by atoms with Gasteiger partial charge in [0.2, 0.25) is 0 Å². The van der Waals surface area contributed by atoms with Crippen LogP contribution in [0.3, 0.4) is 0 Å². The van der Waals surface area contributed by atoms with Crippen LogP contribution in [0.1, 0.15) is 34.1 Å². The number of urea groups is 1. The van der Waals surface area contributed by atoms with Crippen molar-refractivity contribution in [2.45, 2.75) is 34.1 Å². The quantitative estimate of drug-likeness (QED) is 0.734. The minimum atomic E-state index is -0.892. The number of hydrogen-bond acceptors (Lipinski definition) is 2. The summed E-state index contributed by atoms with van der Waals surface area (Å²) in [5, 5.41) is 11.4. The van der Waals surface area contributed by atoms with E-state index in [1.807, 2.05) is 0 Å². The third kappa shape index (κ3) is 6.47. The van der Waals surface area contributed by atoms with Crippen molar-refractivity contribution in [2.24, 2.45) is 17.8 Å². The van der Waals surface area contributed by atoms with Crippen molar-refractivity contribution in [1.82, 2.24) is 10.2 Å². The first-order valence-corrected chi connectivity index (χ1v) is 6.46. The van der Waals surface area contributed by atoms with Gasteiger partial charge in [-0.15, -0.1) is 0 Å². The van der Waals surface area contributed by atoms with Gasteiger partial charge >= 0.3 is 12.0 Å². The van der Waals surface area contributed by atoms with Gasteiger partial charge in [-0.05, 0) is 17.8 Å². The molecular weight excluding hydrogens is 232 g/mol. The predicted molar refractivity (Wildman–Crippen MR) is 71.4 cm³/mol. The average molecular weight is 258 g/mol. The molecule has 0 unspecified atom stereocenters. The number of nitrogens with zero attached hydrogens (tertiary/aromatic N) is 1. The molecule has 0 aromatic rings. The molecule has 0 bridgehead atoms. The van der Waals surface area contributed by atoms with Crippen LogP contribution in [0.2, 0.25) is 0 Å². The van der Waals surface area contributed by atoms with Gasteiger partial charge < -0.3 is 15.3 Å². The zero-order chi connectivity index (χ0) is 14.3. The van der Waals surface area contributed by atoms with Gasteiger partial charge in [-0.3, -0.25) is 4.79 Å². The Morgan fingerprint density at radius 3 is 2.06 bits per heavy atom. The summed E-state index contributed by atoms with van der Waals surface area (Å²) in [6.07, 6.45) is -0.0261. The molecule has 5 heteroatoms. The summed E-state index contributed by atoms with van der Waals surface area (Å²) in [4.78, 5) is 23.5. The molecule has 2 amide bonds. The second-order valence-corrected chi connectivity index (χ2v) is 5.40. The SMILES string of the molecule is CC(C)C(CNC(=O)N(C)CCC(=O)O)C(C)C. The summed E-state index contributed by atoms with van der Waals surface area (Å²) in [5.74, 6) is 0.558. The Morgan fingerprint density at radius 2 is 1.67 bits per heavy atom. The van der Waals surface area contributed by atoms with Crippen molar-refractivity contribution in [2.75, 3.05) is 20.1 Å². The summed E-state index contributed by atoms with van der Waals surface area (Å²) in [6.45, 7) is 9.44. The van der Waals surface area contributed by atoms with Gasteiger partial charge in [-0.2, -0.15) is 0 Å². The second kappa shape index (κ2) is 7.95. The Labute approximate surface area is 110 Å². The van der Waals surface area contributed by atoms with Gasteiger partial charge in [0.25, 0.3) is 0 Å². The first kappa shape index (κ1) is 16.7. The summed E-state index contributed by atoms with van der Waals surface area (Å²) < 4.78 is 0. The van der Waals surface area contributed by atoms with Crippen molar-refractivity contribution in [3.8, 4) is 0 Å². The van der Waals surface area contributed by atoms with E-state index in [0.29, 0.717) is 24.3 Å². The van der Waals surface area contributed by atoms with E-state index < -0.39 is 5.97 Å². The highest BCUT2D eigenvalue weighted by molar-refractivity contribution is 5.74. The summed E-state index contributed by atoms with van der Waals surface area (Å²) in [7, 11) is 1.61. The zero-order valence-electron chi connectivity index (χ0n) is 12.1. The topological polar surface area (TPSA) is 69.6 Å². The van der Waals surface area contributed by atoms with E-state index in [2.05, 4.69) is 33.0 Å². The molecule has 0 heterocycles. The van der Waals surface area contributed by atoms with Crippen molar-refractivity contribution in [1.29, 1.82) is 0 Å². The van der Waals surface area contributed by atoms with Crippen LogP contribution in [0.4, 0.5) is 4.79 Å². The van der Waals surface area contributed by atoms with Gasteiger partial charge in [0.05, 0.1) is 6.42 Å². The molecule has 0 radical (unpaired) electrons. The van der Waals surface area contributed by atoms with Gasteiger partial charge in [0, 0.05) is 20.1 Å². The van der Waals surface area contributed by atoms with E-state index in [-0.39, 0.29) is 19.0 Å². The Balaban J connectivity index is 4.11. The molecular formula is C13H26N2O3. The standard InChI is InChI=1S/C13H26N2O3/c1-9(2)11(10(3)4)8-14-13(18)15(5)7-6-12(16)17/h9-11H,6-8H2,1-5H3,(H,14,18)(H,16,17). The number of rotatable bonds is 7. The third-order valence-corrected chi connectivity index (χ3v) is 3.21. The van der Waals surface area contributed by atoms with E-state index in [1.54, 1.807) is 7.05 Å². The predicted octanol–water partition coefficient (Wildman–Crippen LogP) is 2.03. The van der Waals surface area contributed by atoms with Crippen LogP contribution < -0.4 is 5.32 Å². The average Bonchev–Trinajstić information content (AvgIpc) is 2.24. The minimum absolute atomic E-state index is 0.0261. The van der Waals surface area contributed by atoms with E-state index in [4.69, 9.17) is 5.11 Å². The lowest BCUT2D eigenvalue weighted by molar-refractivity contribution is -0.137. The molecule has 5 nitrogen and oxygen atoms in total. The molecule has 0 rings (SSSR count). The first-order valence-electron chi connectivity index (χ1n) is 6.46. The molecule has 0 saturated heterocycles. The molecule has 2 N–H and O–H groups in total. The number of carboxylic acids is 1. The highest BCUT2D eigenvalue weighted by Crippen LogP contribution is 2.19. The van der Waals surface area contributed by atoms with E-state index >= 15 is 0 Å². The molecule has 0 atom stereocenters. The number of nitrogens with one attached hydrogen (secondary N) is 1. The fourth-order valence-corrected chi connectivity index (χ4v) is 1.95. The largest absolute Gasteiger partial charge is 0.481 e. The lowest BCUT2D eigenvalue weighted by atomic mass is 9.85. The minimum Gasteiger partial charge on any atom is -0.481 e. The Morgan fingerprint density at radius 1 is 1.17 bits per heavy atom. The lowest BCUT2D eigenvalue weighted by Gasteiger charge is -2.26. The number of carbonyl (C=O) groups is 2. The maximum Gasteiger partial charge on any atom is 0.317 e. The monoisotopic (exact) mass is 258 g/mol. The Kier molecular flexibility index (Phi) is 7.39. The molecule has 0 fully saturated rings. The number of carboxylic acid groups (broad SMARTS) is 1. The van der Waals surface area contributed by atoms with Crippen LogP contribution in [-0.4, -0.2) is 42.1 Å². The summed E-state index contributed by atoms with van der Waals surface area (Å²) in [6, 6.07) is -0.206. The number of aliphatic carboxylic acids is 1. The number of amides is 2. The summed E-state index contributed by atoms with van der Waals surface area (Å²) >= 11 is 0. The van der Waals surface area contributed by atoms with Gasteiger partial charge in [0.15, 0.2) is 0 Å². The smallest absolute Gasteiger partial charge is 0.317 e. The lowest BCUT2D eigenvalue weighted by Crippen LogP contribution is -2.42. The van der Waals surface area contributed by atoms with Crippen molar-refractivity contribution in [3.63, 3.8) is 0 Å². The number of carbonyl (C=O) groups excluding carboxylic acids is 1. The van der Waals surface area contributed by atoms with Crippen molar-refractivity contribution >= 4 is 12.0 Å². The van der Waals surface area contributed by atoms with Crippen LogP contribution in [0.5, 0.6) is 0 Å². The molecule has 18 heavy (non-hydrogen) atoms. The van der Waals surface area contributed by atoms with E-state index in [0.717, 1.165) is 0 Å². The Bertz CT molecular complexity index is 269. The highest BCUT2D eigenvalue weighted by atomic mass is 16.4. The normalized spacial score (nSPS) is 11.1.